The molecule has 0 aromatic carbocycles. The van der Waals surface area contributed by atoms with Gasteiger partial charge in [0.2, 0.25) is 0 Å². The van der Waals surface area contributed by atoms with Crippen LogP contribution in [0.15, 0.2) is 11.1 Å². The molecule has 0 aliphatic heterocycles. The smallest absolute Gasteiger partial charge is 0.0285 e. The minimum Gasteiger partial charge on any atom is -0.324 e. The highest BCUT2D eigenvalue weighted by molar-refractivity contribution is 5.26. The van der Waals surface area contributed by atoms with Crippen molar-refractivity contribution >= 4 is 0 Å². The molecular weight excluding hydrogens is 290 g/mol. The molecule has 24 heavy (non-hydrogen) atoms. The van der Waals surface area contributed by atoms with Gasteiger partial charge in [-0.25, -0.2) is 0 Å². The van der Waals surface area contributed by atoms with Crippen molar-refractivity contribution in [3.8, 4) is 0 Å². The quantitative estimate of drug-likeness (QED) is 0.534. The van der Waals surface area contributed by atoms with Crippen molar-refractivity contribution in [3.05, 3.63) is 11.1 Å². The van der Waals surface area contributed by atoms with E-state index in [-0.39, 0.29) is 0 Å². The Morgan fingerprint density at radius 1 is 0.750 bits per heavy atom. The molecule has 0 radical (unpaired) electrons. The van der Waals surface area contributed by atoms with Crippen molar-refractivity contribution in [1.82, 2.24) is 0 Å². The second kappa shape index (κ2) is 9.41. The fourth-order valence-corrected chi connectivity index (χ4v) is 6.08. The lowest BCUT2D eigenvalue weighted by atomic mass is 9.68. The van der Waals surface area contributed by atoms with E-state index in [0.29, 0.717) is 6.04 Å². The van der Waals surface area contributed by atoms with Gasteiger partial charge in [-0.15, -0.1) is 0 Å². The van der Waals surface area contributed by atoms with E-state index in [0.717, 1.165) is 17.8 Å². The molecule has 2 saturated carbocycles. The van der Waals surface area contributed by atoms with Crippen molar-refractivity contribution < 1.29 is 0 Å². The van der Waals surface area contributed by atoms with Crippen molar-refractivity contribution in [3.63, 3.8) is 0 Å². The van der Waals surface area contributed by atoms with Crippen molar-refractivity contribution in [1.29, 1.82) is 0 Å². The van der Waals surface area contributed by atoms with Gasteiger partial charge >= 0.3 is 0 Å². The van der Waals surface area contributed by atoms with Gasteiger partial charge in [-0.1, -0.05) is 63.0 Å². The SMILES string of the molecule is CCCC(C1=C(C(N)C2CCCCC2)CCCC1)C1CCCCC1. The molecule has 138 valence electrons. The van der Waals surface area contributed by atoms with E-state index in [1.807, 2.05) is 5.57 Å². The summed E-state index contributed by atoms with van der Waals surface area (Å²) in [7, 11) is 0. The Morgan fingerprint density at radius 3 is 1.88 bits per heavy atom. The monoisotopic (exact) mass is 331 g/mol. The average molecular weight is 332 g/mol. The predicted molar refractivity (Wildman–Crippen MR) is 105 cm³/mol. The van der Waals surface area contributed by atoms with Gasteiger partial charge in [0, 0.05) is 6.04 Å². The van der Waals surface area contributed by atoms with Crippen molar-refractivity contribution in [2.24, 2.45) is 23.5 Å². The van der Waals surface area contributed by atoms with E-state index in [4.69, 9.17) is 5.73 Å². The summed E-state index contributed by atoms with van der Waals surface area (Å²) in [4.78, 5) is 0. The third-order valence-corrected chi connectivity index (χ3v) is 7.38. The lowest BCUT2D eigenvalue weighted by molar-refractivity contribution is 0.250. The van der Waals surface area contributed by atoms with Crippen LogP contribution in [0.5, 0.6) is 0 Å². The molecule has 1 heteroatoms. The highest BCUT2D eigenvalue weighted by atomic mass is 14.7. The zero-order valence-electron chi connectivity index (χ0n) is 16.2. The second-order valence-electron chi connectivity index (χ2n) is 8.97. The average Bonchev–Trinajstić information content (AvgIpc) is 2.67. The van der Waals surface area contributed by atoms with Gasteiger partial charge in [-0.2, -0.15) is 0 Å². The van der Waals surface area contributed by atoms with Gasteiger partial charge in [0.25, 0.3) is 0 Å². The summed E-state index contributed by atoms with van der Waals surface area (Å²) in [5, 5.41) is 0. The molecule has 0 aromatic rings. The van der Waals surface area contributed by atoms with Gasteiger partial charge in [0.1, 0.15) is 0 Å². The Morgan fingerprint density at radius 2 is 1.29 bits per heavy atom. The van der Waals surface area contributed by atoms with Crippen LogP contribution in [-0.4, -0.2) is 6.04 Å². The first-order chi connectivity index (χ1) is 11.8. The molecule has 2 fully saturated rings. The maximum atomic E-state index is 6.92. The normalized spacial score (nSPS) is 27.2. The van der Waals surface area contributed by atoms with Crippen LogP contribution in [0.2, 0.25) is 0 Å². The van der Waals surface area contributed by atoms with Gasteiger partial charge in [-0.3, -0.25) is 0 Å². The first-order valence-electron chi connectivity index (χ1n) is 11.3. The van der Waals surface area contributed by atoms with Crippen molar-refractivity contribution in [2.75, 3.05) is 0 Å². The van der Waals surface area contributed by atoms with Gasteiger partial charge in [-0.05, 0) is 75.5 Å². The second-order valence-corrected chi connectivity index (χ2v) is 8.97. The summed E-state index contributed by atoms with van der Waals surface area (Å²) in [6.45, 7) is 2.39. The van der Waals surface area contributed by atoms with Crippen LogP contribution >= 0.6 is 0 Å². The summed E-state index contributed by atoms with van der Waals surface area (Å²) < 4.78 is 0. The summed E-state index contributed by atoms with van der Waals surface area (Å²) in [6.07, 6.45) is 22.7. The van der Waals surface area contributed by atoms with Gasteiger partial charge in [0.05, 0.1) is 0 Å². The van der Waals surface area contributed by atoms with E-state index in [1.165, 1.54) is 103 Å². The van der Waals surface area contributed by atoms with Crippen LogP contribution in [0.25, 0.3) is 0 Å². The number of hydrogen-bond donors (Lipinski definition) is 1. The van der Waals surface area contributed by atoms with Crippen LogP contribution in [-0.2, 0) is 0 Å². The van der Waals surface area contributed by atoms with E-state index in [2.05, 4.69) is 6.92 Å². The summed E-state index contributed by atoms with van der Waals surface area (Å²) in [5.41, 5.74) is 10.5. The van der Waals surface area contributed by atoms with Gasteiger partial charge in [0.15, 0.2) is 0 Å². The van der Waals surface area contributed by atoms with Crippen LogP contribution in [0.4, 0.5) is 0 Å². The molecule has 0 heterocycles. The Balaban J connectivity index is 1.81. The molecule has 3 aliphatic carbocycles. The number of allylic oxidation sites excluding steroid dienone is 1. The molecule has 0 amide bonds. The molecule has 2 N–H and O–H groups in total. The Hall–Kier alpha value is -0.300. The molecule has 3 rings (SSSR count). The minimum atomic E-state index is 0.392. The van der Waals surface area contributed by atoms with E-state index in [9.17, 15) is 0 Å². The topological polar surface area (TPSA) is 26.0 Å². The maximum Gasteiger partial charge on any atom is 0.0285 e. The van der Waals surface area contributed by atoms with Crippen LogP contribution in [0.3, 0.4) is 0 Å². The lowest BCUT2D eigenvalue weighted by Gasteiger charge is -2.39. The van der Waals surface area contributed by atoms with E-state index < -0.39 is 0 Å². The number of hydrogen-bond acceptors (Lipinski definition) is 1. The first-order valence-corrected chi connectivity index (χ1v) is 11.3. The van der Waals surface area contributed by atoms with Crippen molar-refractivity contribution in [2.45, 2.75) is 116 Å². The lowest BCUT2D eigenvalue weighted by Crippen LogP contribution is -2.36. The van der Waals surface area contributed by atoms with Crippen LogP contribution < -0.4 is 5.73 Å². The molecule has 1 nitrogen and oxygen atoms in total. The highest BCUT2D eigenvalue weighted by Gasteiger charge is 2.32. The first kappa shape index (κ1) is 18.5. The zero-order chi connectivity index (χ0) is 16.8. The summed E-state index contributed by atoms with van der Waals surface area (Å²) in [5.74, 6) is 2.64. The highest BCUT2D eigenvalue weighted by Crippen LogP contribution is 2.43. The summed E-state index contributed by atoms with van der Waals surface area (Å²) >= 11 is 0. The molecule has 0 aromatic heterocycles. The standard InChI is InChI=1S/C23H41N/c1-2-11-20(18-12-5-3-6-13-18)21-16-9-10-17-22(21)23(24)19-14-7-4-8-15-19/h18-20,23H,2-17,24H2,1H3. The minimum absolute atomic E-state index is 0.392. The van der Waals surface area contributed by atoms with Crippen LogP contribution in [0, 0.1) is 17.8 Å². The van der Waals surface area contributed by atoms with Crippen LogP contribution in [0.1, 0.15) is 110 Å². The molecule has 2 unspecified atom stereocenters. The number of rotatable bonds is 6. The summed E-state index contributed by atoms with van der Waals surface area (Å²) in [6, 6.07) is 0.392. The fraction of sp³-hybridized carbons (Fsp3) is 0.913. The maximum absolute atomic E-state index is 6.92. The molecule has 0 bridgehead atoms. The van der Waals surface area contributed by atoms with Gasteiger partial charge < -0.3 is 5.73 Å². The fourth-order valence-electron chi connectivity index (χ4n) is 6.08. The molecule has 2 atom stereocenters. The third-order valence-electron chi connectivity index (χ3n) is 7.38. The van der Waals surface area contributed by atoms with E-state index in [1.54, 1.807) is 5.57 Å². The Kier molecular flexibility index (Phi) is 7.25. The Bertz CT molecular complexity index is 398. The number of nitrogens with two attached hydrogens (primary N) is 1. The molecule has 3 aliphatic rings. The zero-order valence-corrected chi connectivity index (χ0v) is 16.2. The predicted octanol–water partition coefficient (Wildman–Crippen LogP) is 6.76. The molecule has 0 saturated heterocycles. The van der Waals surface area contributed by atoms with E-state index >= 15 is 0 Å². The Labute approximate surface area is 150 Å². The molecular formula is C23H41N. The largest absolute Gasteiger partial charge is 0.324 e. The third kappa shape index (κ3) is 4.45. The molecule has 0 spiro atoms.